The summed E-state index contributed by atoms with van der Waals surface area (Å²) < 4.78 is 25.8. The van der Waals surface area contributed by atoms with Crippen LogP contribution < -0.4 is 0 Å². The van der Waals surface area contributed by atoms with Crippen molar-refractivity contribution in [1.82, 2.24) is 9.97 Å². The minimum absolute atomic E-state index is 0. The summed E-state index contributed by atoms with van der Waals surface area (Å²) >= 11 is 0. The van der Waals surface area contributed by atoms with Crippen LogP contribution in [0.25, 0.3) is 33.6 Å². The van der Waals surface area contributed by atoms with E-state index in [1.54, 1.807) is 24.4 Å². The molecule has 5 heteroatoms. The molecule has 0 saturated heterocycles. The minimum Gasteiger partial charge on any atom is -0.305 e. The Kier molecular flexibility index (Phi) is 8.70. The zero-order chi connectivity index (χ0) is 22.2. The van der Waals surface area contributed by atoms with Gasteiger partial charge >= 0.3 is 0 Å². The molecule has 33 heavy (non-hydrogen) atoms. The van der Waals surface area contributed by atoms with Gasteiger partial charge in [-0.1, -0.05) is 60.2 Å². The summed E-state index contributed by atoms with van der Waals surface area (Å²) in [6.07, 6.45) is 3.39. The predicted octanol–water partition coefficient (Wildman–Crippen LogP) is 7.04. The molecule has 2 heterocycles. The van der Waals surface area contributed by atoms with Crippen molar-refractivity contribution in [2.75, 3.05) is 0 Å². The standard InChI is InChI=1S/C17H12N.C11H6F2N.Ir/c1-3-7-14(8-4-1)16-11-12-18-17(13-16)15-9-5-2-6-10-15;12-8-4-5-9(10(13)7-8)11-3-1-2-6-14-11;/h1-9,11-13H;1-4,6-7H;/q2*-1;. The maximum absolute atomic E-state index is 13.2. The second kappa shape index (κ2) is 11.9. The smallest absolute Gasteiger partial charge is 0.0408 e. The molecular formula is C28H18F2IrN2-2. The molecule has 5 rings (SSSR count). The molecule has 0 N–H and O–H groups in total. The molecule has 2 aromatic heterocycles. The first-order valence-corrected chi connectivity index (χ1v) is 9.97. The minimum atomic E-state index is -0.649. The van der Waals surface area contributed by atoms with Crippen LogP contribution in [-0.2, 0) is 20.1 Å². The summed E-state index contributed by atoms with van der Waals surface area (Å²) in [7, 11) is 0. The number of benzene rings is 3. The van der Waals surface area contributed by atoms with Crippen LogP contribution in [0.15, 0.2) is 109 Å². The van der Waals surface area contributed by atoms with Crippen molar-refractivity contribution in [3.05, 3.63) is 133 Å². The molecule has 0 saturated carbocycles. The first kappa shape index (κ1) is 24.1. The Bertz CT molecular complexity index is 1230. The number of aromatic nitrogens is 2. The van der Waals surface area contributed by atoms with Crippen molar-refractivity contribution in [1.29, 1.82) is 0 Å². The third-order valence-corrected chi connectivity index (χ3v) is 4.63. The van der Waals surface area contributed by atoms with E-state index in [0.717, 1.165) is 23.4 Å². The molecule has 0 aliphatic rings. The van der Waals surface area contributed by atoms with Gasteiger partial charge in [-0.15, -0.1) is 48.0 Å². The van der Waals surface area contributed by atoms with E-state index in [4.69, 9.17) is 0 Å². The number of pyridine rings is 2. The van der Waals surface area contributed by atoms with Gasteiger partial charge in [0.05, 0.1) is 0 Å². The second-order valence-electron chi connectivity index (χ2n) is 6.83. The molecule has 1 radical (unpaired) electrons. The van der Waals surface area contributed by atoms with Gasteiger partial charge in [0.25, 0.3) is 0 Å². The molecule has 165 valence electrons. The summed E-state index contributed by atoms with van der Waals surface area (Å²) in [6.45, 7) is 0. The Balaban J connectivity index is 0.000000186. The average molecular weight is 613 g/mol. The molecule has 5 aromatic rings. The van der Waals surface area contributed by atoms with E-state index in [1.165, 1.54) is 11.1 Å². The average Bonchev–Trinajstić information content (AvgIpc) is 2.86. The maximum atomic E-state index is 13.2. The summed E-state index contributed by atoms with van der Waals surface area (Å²) in [5.74, 6) is -1.29. The molecule has 0 spiro atoms. The van der Waals surface area contributed by atoms with Gasteiger partial charge in [0, 0.05) is 44.1 Å². The predicted molar refractivity (Wildman–Crippen MR) is 122 cm³/mol. The monoisotopic (exact) mass is 613 g/mol. The number of halogens is 2. The molecule has 0 amide bonds. The van der Waals surface area contributed by atoms with Crippen molar-refractivity contribution in [3.8, 4) is 33.6 Å². The summed E-state index contributed by atoms with van der Waals surface area (Å²) in [4.78, 5) is 8.35. The van der Waals surface area contributed by atoms with Crippen molar-refractivity contribution >= 4 is 0 Å². The van der Waals surface area contributed by atoms with Crippen LogP contribution in [0.4, 0.5) is 8.78 Å². The van der Waals surface area contributed by atoms with Crippen molar-refractivity contribution in [2.24, 2.45) is 0 Å². The molecule has 3 aromatic carbocycles. The Hall–Kier alpha value is -3.53. The fraction of sp³-hybridized carbons (Fsp3) is 0. The third-order valence-electron chi connectivity index (χ3n) is 4.63. The van der Waals surface area contributed by atoms with E-state index in [9.17, 15) is 8.78 Å². The molecule has 0 bridgehead atoms. The first-order valence-electron chi connectivity index (χ1n) is 9.97. The van der Waals surface area contributed by atoms with E-state index >= 15 is 0 Å². The summed E-state index contributed by atoms with van der Waals surface area (Å²) in [6, 6.07) is 35.1. The topological polar surface area (TPSA) is 25.8 Å². The van der Waals surface area contributed by atoms with Crippen LogP contribution in [-0.4, -0.2) is 9.97 Å². The van der Waals surface area contributed by atoms with Gasteiger partial charge in [0.2, 0.25) is 0 Å². The van der Waals surface area contributed by atoms with Gasteiger partial charge < -0.3 is 9.97 Å². The third kappa shape index (κ3) is 6.48. The van der Waals surface area contributed by atoms with Crippen molar-refractivity contribution in [3.63, 3.8) is 0 Å². The molecule has 2 nitrogen and oxygen atoms in total. The van der Waals surface area contributed by atoms with Crippen LogP contribution in [0.2, 0.25) is 0 Å². The van der Waals surface area contributed by atoms with Gasteiger partial charge in [-0.25, -0.2) is 0 Å². The number of hydrogen-bond donors (Lipinski definition) is 0. The van der Waals surface area contributed by atoms with Crippen molar-refractivity contribution in [2.45, 2.75) is 0 Å². The Morgan fingerprint density at radius 3 is 2.09 bits per heavy atom. The summed E-state index contributed by atoms with van der Waals surface area (Å²) in [5.41, 5.74) is 5.00. The van der Waals surface area contributed by atoms with Gasteiger partial charge in [-0.2, -0.15) is 0 Å². The molecule has 0 aliphatic heterocycles. The first-order chi connectivity index (χ1) is 15.7. The zero-order valence-corrected chi connectivity index (χ0v) is 19.8. The molecule has 0 unspecified atom stereocenters. The number of nitrogens with zero attached hydrogens (tertiary/aromatic N) is 2. The fourth-order valence-corrected chi connectivity index (χ4v) is 3.09. The van der Waals surface area contributed by atoms with Gasteiger partial charge in [0.15, 0.2) is 0 Å². The fourth-order valence-electron chi connectivity index (χ4n) is 3.09. The Labute approximate surface area is 205 Å². The SMILES string of the molecule is Fc1c[c-]c(-c2ccccn2)c(F)c1.[Ir].[c-]1ccccc1-c1cc(-c2ccccc2)ccn1. The van der Waals surface area contributed by atoms with Gasteiger partial charge in [-0.05, 0) is 34.6 Å². The normalized spacial score (nSPS) is 9.88. The van der Waals surface area contributed by atoms with E-state index in [2.05, 4.69) is 40.3 Å². The van der Waals surface area contributed by atoms with Crippen LogP contribution in [0.3, 0.4) is 0 Å². The molecule has 0 aliphatic carbocycles. The van der Waals surface area contributed by atoms with Gasteiger partial charge in [-0.3, -0.25) is 8.78 Å². The van der Waals surface area contributed by atoms with Crippen LogP contribution in [0.1, 0.15) is 0 Å². The van der Waals surface area contributed by atoms with Crippen LogP contribution in [0, 0.1) is 23.8 Å². The van der Waals surface area contributed by atoms with E-state index in [-0.39, 0.29) is 25.7 Å². The summed E-state index contributed by atoms with van der Waals surface area (Å²) in [5, 5.41) is 0. The van der Waals surface area contributed by atoms with Gasteiger partial charge in [0.1, 0.15) is 0 Å². The van der Waals surface area contributed by atoms with E-state index < -0.39 is 11.6 Å². The molecule has 0 atom stereocenters. The number of rotatable bonds is 3. The Morgan fingerprint density at radius 2 is 1.39 bits per heavy atom. The van der Waals surface area contributed by atoms with Crippen LogP contribution >= 0.6 is 0 Å². The van der Waals surface area contributed by atoms with Crippen LogP contribution in [0.5, 0.6) is 0 Å². The molecular weight excluding hydrogens is 595 g/mol. The zero-order valence-electron chi connectivity index (χ0n) is 17.4. The second-order valence-corrected chi connectivity index (χ2v) is 6.83. The van der Waals surface area contributed by atoms with E-state index in [1.807, 2.05) is 54.7 Å². The van der Waals surface area contributed by atoms with Crippen molar-refractivity contribution < 1.29 is 28.9 Å². The maximum Gasteiger partial charge on any atom is 0.0408 e. The number of hydrogen-bond acceptors (Lipinski definition) is 2. The molecule has 0 fully saturated rings. The Morgan fingerprint density at radius 1 is 0.636 bits per heavy atom. The van der Waals surface area contributed by atoms with E-state index in [0.29, 0.717) is 5.69 Å². The quantitative estimate of drug-likeness (QED) is 0.204. The largest absolute Gasteiger partial charge is 0.305 e.